The number of hydrogen-bond donors (Lipinski definition) is 2. The molecule has 1 amide bonds. The van der Waals surface area contributed by atoms with Gasteiger partial charge >= 0.3 is 5.97 Å². The molecule has 25 heavy (non-hydrogen) atoms. The summed E-state index contributed by atoms with van der Waals surface area (Å²) in [7, 11) is 0. The second kappa shape index (κ2) is 5.73. The normalized spacial score (nSPS) is 17.7. The Hall–Kier alpha value is -3.15. The minimum Gasteiger partial charge on any atom is -0.487 e. The maximum Gasteiger partial charge on any atom is 0.303 e. The van der Waals surface area contributed by atoms with Crippen molar-refractivity contribution >= 4 is 28.9 Å². The lowest BCUT2D eigenvalue weighted by Gasteiger charge is -2.06. The smallest absolute Gasteiger partial charge is 0.303 e. The van der Waals surface area contributed by atoms with E-state index in [2.05, 4.69) is 5.32 Å². The van der Waals surface area contributed by atoms with Gasteiger partial charge in [-0.25, -0.2) is 4.39 Å². The molecule has 0 fully saturated rings. The molecular weight excluding hydrogens is 325 g/mol. The summed E-state index contributed by atoms with van der Waals surface area (Å²) in [5.41, 5.74) is 3.95. The molecule has 4 rings (SSSR count). The average Bonchev–Trinajstić information content (AvgIpc) is 3.12. The minimum atomic E-state index is -0.846. The molecule has 126 valence electrons. The highest BCUT2D eigenvalue weighted by Crippen LogP contribution is 2.41. The van der Waals surface area contributed by atoms with Gasteiger partial charge in [-0.15, -0.1) is 0 Å². The summed E-state index contributed by atoms with van der Waals surface area (Å²) in [4.78, 5) is 23.1. The van der Waals surface area contributed by atoms with E-state index in [0.717, 1.165) is 16.7 Å². The Labute approximate surface area is 142 Å². The van der Waals surface area contributed by atoms with E-state index in [0.29, 0.717) is 35.6 Å². The van der Waals surface area contributed by atoms with Crippen LogP contribution in [0.1, 0.15) is 28.7 Å². The van der Waals surface area contributed by atoms with Crippen molar-refractivity contribution in [1.29, 1.82) is 0 Å². The van der Waals surface area contributed by atoms with Crippen LogP contribution in [0.25, 0.3) is 11.3 Å². The van der Waals surface area contributed by atoms with E-state index in [1.165, 1.54) is 18.2 Å². The number of fused-ring (bicyclic) bond motifs is 2. The molecule has 0 radical (unpaired) electrons. The number of halogens is 1. The van der Waals surface area contributed by atoms with Gasteiger partial charge in [0.05, 0.1) is 5.57 Å². The lowest BCUT2D eigenvalue weighted by molar-refractivity contribution is -0.137. The van der Waals surface area contributed by atoms with Crippen LogP contribution in [-0.4, -0.2) is 17.0 Å². The maximum absolute atomic E-state index is 13.6. The Kier molecular flexibility index (Phi) is 3.53. The Morgan fingerprint density at radius 3 is 2.84 bits per heavy atom. The van der Waals surface area contributed by atoms with Crippen LogP contribution >= 0.6 is 0 Å². The van der Waals surface area contributed by atoms with E-state index in [9.17, 15) is 14.0 Å². The lowest BCUT2D eigenvalue weighted by Crippen LogP contribution is -2.05. The Bertz CT molecular complexity index is 948. The molecule has 0 bridgehead atoms. The van der Waals surface area contributed by atoms with Gasteiger partial charge in [0, 0.05) is 28.8 Å². The number of rotatable bonds is 3. The van der Waals surface area contributed by atoms with E-state index >= 15 is 0 Å². The van der Waals surface area contributed by atoms with Crippen molar-refractivity contribution < 1.29 is 23.8 Å². The molecule has 0 aliphatic carbocycles. The Morgan fingerprint density at radius 1 is 1.20 bits per heavy atom. The van der Waals surface area contributed by atoms with E-state index in [4.69, 9.17) is 9.84 Å². The number of nitrogens with one attached hydrogen (secondary N) is 1. The van der Waals surface area contributed by atoms with E-state index in [-0.39, 0.29) is 12.3 Å². The highest BCUT2D eigenvalue weighted by molar-refractivity contribution is 6.36. The number of anilines is 1. The third kappa shape index (κ3) is 2.65. The summed E-state index contributed by atoms with van der Waals surface area (Å²) < 4.78 is 19.3. The Morgan fingerprint density at radius 2 is 2.04 bits per heavy atom. The average molecular weight is 339 g/mol. The number of carboxylic acids is 1. The summed E-state index contributed by atoms with van der Waals surface area (Å²) >= 11 is 0. The van der Waals surface area contributed by atoms with Crippen molar-refractivity contribution in [2.45, 2.75) is 19.4 Å². The lowest BCUT2D eigenvalue weighted by atomic mass is 9.98. The number of hydrogen-bond acceptors (Lipinski definition) is 3. The molecule has 0 saturated heterocycles. The first kappa shape index (κ1) is 15.4. The van der Waals surface area contributed by atoms with Gasteiger partial charge in [0.1, 0.15) is 18.2 Å². The first-order valence-electron chi connectivity index (χ1n) is 7.85. The molecule has 0 atom stereocenters. The molecule has 0 saturated carbocycles. The van der Waals surface area contributed by atoms with Crippen molar-refractivity contribution in [3.63, 3.8) is 0 Å². The number of carbonyl (C=O) groups is 2. The summed E-state index contributed by atoms with van der Waals surface area (Å²) in [5.74, 6) is -1.16. The fourth-order valence-corrected chi connectivity index (χ4v) is 3.19. The van der Waals surface area contributed by atoms with Crippen molar-refractivity contribution in [3.8, 4) is 0 Å². The van der Waals surface area contributed by atoms with Crippen LogP contribution in [-0.2, 0) is 27.4 Å². The van der Waals surface area contributed by atoms with Crippen molar-refractivity contribution in [2.24, 2.45) is 0 Å². The largest absolute Gasteiger partial charge is 0.487 e. The highest BCUT2D eigenvalue weighted by atomic mass is 19.1. The van der Waals surface area contributed by atoms with E-state index < -0.39 is 11.8 Å². The van der Waals surface area contributed by atoms with Crippen molar-refractivity contribution in [2.75, 3.05) is 5.32 Å². The van der Waals surface area contributed by atoms with E-state index in [1.807, 2.05) is 18.2 Å². The van der Waals surface area contributed by atoms with Gasteiger partial charge in [-0.3, -0.25) is 9.59 Å². The fourth-order valence-electron chi connectivity index (χ4n) is 3.19. The number of ether oxygens (including phenoxy) is 1. The summed E-state index contributed by atoms with van der Waals surface area (Å²) in [6.07, 6.45) is 0.492. The highest BCUT2D eigenvalue weighted by Gasteiger charge is 2.32. The zero-order valence-corrected chi connectivity index (χ0v) is 13.1. The second-order valence-electron chi connectivity index (χ2n) is 6.02. The topological polar surface area (TPSA) is 75.6 Å². The van der Waals surface area contributed by atoms with Crippen LogP contribution in [0.4, 0.5) is 10.1 Å². The van der Waals surface area contributed by atoms with Gasteiger partial charge in [-0.05, 0) is 30.2 Å². The first-order valence-corrected chi connectivity index (χ1v) is 7.85. The number of amides is 1. The quantitative estimate of drug-likeness (QED) is 0.842. The van der Waals surface area contributed by atoms with Crippen LogP contribution in [0.2, 0.25) is 0 Å². The predicted octanol–water partition coefficient (Wildman–Crippen LogP) is 3.19. The molecule has 2 heterocycles. The molecule has 0 spiro atoms. The molecule has 5 nitrogen and oxygen atoms in total. The molecule has 6 heteroatoms. The fraction of sp³-hybridized carbons (Fsp3) is 0.158. The van der Waals surface area contributed by atoms with Crippen LogP contribution < -0.4 is 5.32 Å². The molecule has 0 aromatic heterocycles. The Balaban J connectivity index is 1.76. The predicted molar refractivity (Wildman–Crippen MR) is 89.0 cm³/mol. The van der Waals surface area contributed by atoms with Gasteiger partial charge < -0.3 is 15.2 Å². The number of aryl methyl sites for hydroxylation is 1. The number of aliphatic carboxylic acids is 1. The zero-order chi connectivity index (χ0) is 17.6. The van der Waals surface area contributed by atoms with Crippen LogP contribution in [0, 0.1) is 5.82 Å². The van der Waals surface area contributed by atoms with Crippen molar-refractivity contribution in [1.82, 2.24) is 0 Å². The number of benzene rings is 2. The number of carboxylic acid groups (broad SMARTS) is 1. The molecular formula is C19H14FNO4. The molecule has 2 aromatic carbocycles. The molecule has 2 aliphatic heterocycles. The third-order valence-corrected chi connectivity index (χ3v) is 4.37. The standard InChI is InChI=1S/C19H14FNO4/c20-12-3-5-15-14(8-12)17(19(24)21-15)18-13-4-1-10(2-6-16(22)23)7-11(13)9-25-18/h1,3-5,7-8H,2,6,9H2,(H,21,24)(H,22,23)/b18-17+. The number of carbonyl (C=O) groups excluding carboxylic acids is 1. The first-order chi connectivity index (χ1) is 12.0. The second-order valence-corrected chi connectivity index (χ2v) is 6.02. The van der Waals surface area contributed by atoms with Gasteiger partial charge in [0.25, 0.3) is 5.91 Å². The SMILES string of the molecule is O=C(O)CCc1ccc2c(c1)CO/C2=C1/C(=O)Nc2ccc(F)cc21. The van der Waals surface area contributed by atoms with Crippen molar-refractivity contribution in [3.05, 3.63) is 64.5 Å². The van der Waals surface area contributed by atoms with Crippen LogP contribution in [0.5, 0.6) is 0 Å². The summed E-state index contributed by atoms with van der Waals surface area (Å²) in [6.45, 7) is 0.299. The molecule has 2 aromatic rings. The minimum absolute atomic E-state index is 0.0582. The van der Waals surface area contributed by atoms with Gasteiger partial charge in [-0.1, -0.05) is 18.2 Å². The summed E-state index contributed by atoms with van der Waals surface area (Å²) in [6, 6.07) is 9.69. The summed E-state index contributed by atoms with van der Waals surface area (Å²) in [5, 5.41) is 11.5. The van der Waals surface area contributed by atoms with Gasteiger partial charge in [0.2, 0.25) is 0 Å². The van der Waals surface area contributed by atoms with Crippen LogP contribution in [0.15, 0.2) is 36.4 Å². The maximum atomic E-state index is 13.6. The van der Waals surface area contributed by atoms with Crippen LogP contribution in [0.3, 0.4) is 0 Å². The van der Waals surface area contributed by atoms with Gasteiger partial charge in [0.15, 0.2) is 0 Å². The third-order valence-electron chi connectivity index (χ3n) is 4.37. The molecule has 2 aliphatic rings. The van der Waals surface area contributed by atoms with Gasteiger partial charge in [-0.2, -0.15) is 0 Å². The van der Waals surface area contributed by atoms with E-state index in [1.54, 1.807) is 0 Å². The monoisotopic (exact) mass is 339 g/mol. The molecule has 2 N–H and O–H groups in total. The zero-order valence-electron chi connectivity index (χ0n) is 13.1. The molecule has 0 unspecified atom stereocenters.